The van der Waals surface area contributed by atoms with Gasteiger partial charge in [-0.15, -0.1) is 10.0 Å². The third kappa shape index (κ3) is 3.12. The highest BCUT2D eigenvalue weighted by Gasteiger charge is 2.40. The summed E-state index contributed by atoms with van der Waals surface area (Å²) in [5, 5.41) is 0. The highest BCUT2D eigenvalue weighted by atomic mass is 32.3. The molecule has 5 heteroatoms. The molecule has 0 spiro atoms. The topological polar surface area (TPSA) is 0 Å². The van der Waals surface area contributed by atoms with E-state index in [1.165, 1.54) is 72.8 Å². The third-order valence-electron chi connectivity index (χ3n) is 4.67. The Labute approximate surface area is 167 Å². The molecule has 0 atom stereocenters. The molecule has 0 saturated heterocycles. The minimum atomic E-state index is -3.13. The zero-order valence-electron chi connectivity index (χ0n) is 15.2. The SMILES string of the molecule is Fc1ccccc1S(c1ccccc1F)(c1ccccc1F)c1ccccc1F. The van der Waals surface area contributed by atoms with Gasteiger partial charge in [0, 0.05) is 19.6 Å². The van der Waals surface area contributed by atoms with Crippen LogP contribution in [0.4, 0.5) is 17.6 Å². The standard InChI is InChI=1S/C24H16F4S/c25-17-9-1-5-13-21(17)29(22-14-6-2-10-18(22)26,23-15-7-3-11-19(23)27)24-16-8-4-12-20(24)28/h1-16H. The van der Waals surface area contributed by atoms with Crippen LogP contribution in [0.3, 0.4) is 0 Å². The second-order valence-electron chi connectivity index (χ2n) is 6.33. The smallest absolute Gasteiger partial charge is 0.136 e. The van der Waals surface area contributed by atoms with Gasteiger partial charge in [0.2, 0.25) is 0 Å². The van der Waals surface area contributed by atoms with Crippen molar-refractivity contribution in [3.63, 3.8) is 0 Å². The molecule has 0 aliphatic rings. The molecule has 4 aromatic carbocycles. The Bertz CT molecular complexity index is 985. The molecule has 146 valence electrons. The lowest BCUT2D eigenvalue weighted by atomic mass is 10.3. The molecule has 0 bridgehead atoms. The van der Waals surface area contributed by atoms with Crippen molar-refractivity contribution in [1.29, 1.82) is 0 Å². The first-order chi connectivity index (χ1) is 14.1. The second-order valence-corrected chi connectivity index (χ2v) is 9.32. The van der Waals surface area contributed by atoms with Crippen molar-refractivity contribution in [2.24, 2.45) is 0 Å². The minimum Gasteiger partial charge on any atom is -0.206 e. The van der Waals surface area contributed by atoms with Crippen LogP contribution in [0.15, 0.2) is 117 Å². The van der Waals surface area contributed by atoms with Gasteiger partial charge in [-0.05, 0) is 48.5 Å². The van der Waals surface area contributed by atoms with Gasteiger partial charge in [0.05, 0.1) is 0 Å². The molecule has 0 amide bonds. The molecule has 0 radical (unpaired) electrons. The number of hydrogen-bond donors (Lipinski definition) is 0. The fourth-order valence-electron chi connectivity index (χ4n) is 3.48. The molecule has 0 unspecified atom stereocenters. The summed E-state index contributed by atoms with van der Waals surface area (Å²) in [6.45, 7) is 0. The number of halogens is 4. The predicted octanol–water partition coefficient (Wildman–Crippen LogP) is 7.58. The molecule has 0 fully saturated rings. The molecular formula is C24H16F4S. The van der Waals surface area contributed by atoms with Crippen molar-refractivity contribution >= 4 is 10.0 Å². The number of rotatable bonds is 4. The van der Waals surface area contributed by atoms with Crippen LogP contribution in [0.5, 0.6) is 0 Å². The van der Waals surface area contributed by atoms with Gasteiger partial charge in [0.25, 0.3) is 0 Å². The van der Waals surface area contributed by atoms with Crippen LogP contribution in [-0.2, 0) is 0 Å². The first-order valence-electron chi connectivity index (χ1n) is 8.88. The van der Waals surface area contributed by atoms with Crippen LogP contribution in [0.25, 0.3) is 0 Å². The fourth-order valence-corrected chi connectivity index (χ4v) is 7.48. The summed E-state index contributed by atoms with van der Waals surface area (Å²) in [6, 6.07) is 23.1. The summed E-state index contributed by atoms with van der Waals surface area (Å²) in [6.07, 6.45) is 0. The van der Waals surface area contributed by atoms with Gasteiger partial charge >= 0.3 is 0 Å². The number of hydrogen-bond acceptors (Lipinski definition) is 0. The zero-order chi connectivity index (χ0) is 20.4. The molecule has 0 aliphatic carbocycles. The maximum atomic E-state index is 15.2. The average molecular weight is 412 g/mol. The Morgan fingerprint density at radius 1 is 0.345 bits per heavy atom. The summed E-state index contributed by atoms with van der Waals surface area (Å²) >= 11 is 0. The van der Waals surface area contributed by atoms with E-state index in [0.717, 1.165) is 0 Å². The van der Waals surface area contributed by atoms with E-state index in [-0.39, 0.29) is 19.6 Å². The van der Waals surface area contributed by atoms with E-state index in [0.29, 0.717) is 0 Å². The van der Waals surface area contributed by atoms with Gasteiger partial charge in [-0.1, -0.05) is 48.5 Å². The van der Waals surface area contributed by atoms with E-state index in [2.05, 4.69) is 0 Å². The Kier molecular flexibility index (Phi) is 5.16. The largest absolute Gasteiger partial charge is 0.206 e. The molecule has 0 aromatic heterocycles. The average Bonchev–Trinajstić information content (AvgIpc) is 2.73. The minimum absolute atomic E-state index is 0.0419. The van der Waals surface area contributed by atoms with Crippen LogP contribution in [0.2, 0.25) is 0 Å². The highest BCUT2D eigenvalue weighted by Crippen LogP contribution is 2.75. The van der Waals surface area contributed by atoms with E-state index in [1.54, 1.807) is 24.3 Å². The monoisotopic (exact) mass is 412 g/mol. The normalized spacial score (nSPS) is 12.0. The van der Waals surface area contributed by atoms with E-state index < -0.39 is 33.3 Å². The fraction of sp³-hybridized carbons (Fsp3) is 0. The molecule has 0 saturated carbocycles. The first kappa shape index (κ1) is 19.3. The van der Waals surface area contributed by atoms with Gasteiger partial charge < -0.3 is 0 Å². The highest BCUT2D eigenvalue weighted by molar-refractivity contribution is 8.34. The van der Waals surface area contributed by atoms with Gasteiger partial charge in [0.15, 0.2) is 0 Å². The van der Waals surface area contributed by atoms with Crippen molar-refractivity contribution < 1.29 is 17.6 Å². The van der Waals surface area contributed by atoms with E-state index in [1.807, 2.05) is 0 Å². The summed E-state index contributed by atoms with van der Waals surface area (Å²) in [7, 11) is -3.13. The Hall–Kier alpha value is -3.05. The molecule has 29 heavy (non-hydrogen) atoms. The Morgan fingerprint density at radius 2 is 0.552 bits per heavy atom. The van der Waals surface area contributed by atoms with Crippen LogP contribution in [0, 0.1) is 23.3 Å². The molecule has 4 rings (SSSR count). The van der Waals surface area contributed by atoms with Crippen LogP contribution >= 0.6 is 10.0 Å². The number of benzene rings is 4. The lowest BCUT2D eigenvalue weighted by molar-refractivity contribution is 0.577. The molecule has 4 aromatic rings. The second kappa shape index (κ2) is 7.76. The van der Waals surface area contributed by atoms with Gasteiger partial charge in [0.1, 0.15) is 23.3 Å². The molecular weight excluding hydrogens is 396 g/mol. The van der Waals surface area contributed by atoms with Crippen molar-refractivity contribution in [2.75, 3.05) is 0 Å². The van der Waals surface area contributed by atoms with E-state index in [9.17, 15) is 0 Å². The molecule has 0 aliphatic heterocycles. The Morgan fingerprint density at radius 3 is 0.759 bits per heavy atom. The lowest BCUT2D eigenvalue weighted by Gasteiger charge is -2.42. The van der Waals surface area contributed by atoms with Crippen LogP contribution in [-0.4, -0.2) is 0 Å². The van der Waals surface area contributed by atoms with Crippen LogP contribution in [0.1, 0.15) is 0 Å². The summed E-state index contributed by atoms with van der Waals surface area (Å²) < 4.78 is 60.8. The summed E-state index contributed by atoms with van der Waals surface area (Å²) in [5.41, 5.74) is 0. The zero-order valence-corrected chi connectivity index (χ0v) is 16.0. The Balaban J connectivity index is 2.28. The van der Waals surface area contributed by atoms with Crippen molar-refractivity contribution in [2.45, 2.75) is 19.6 Å². The molecule has 0 N–H and O–H groups in total. The lowest BCUT2D eigenvalue weighted by Crippen LogP contribution is -2.11. The van der Waals surface area contributed by atoms with Crippen molar-refractivity contribution in [1.82, 2.24) is 0 Å². The van der Waals surface area contributed by atoms with E-state index >= 15 is 17.6 Å². The van der Waals surface area contributed by atoms with Gasteiger partial charge in [-0.25, -0.2) is 17.6 Å². The van der Waals surface area contributed by atoms with Crippen molar-refractivity contribution in [3.05, 3.63) is 120 Å². The predicted molar refractivity (Wildman–Crippen MR) is 106 cm³/mol. The summed E-state index contributed by atoms with van der Waals surface area (Å²) in [4.78, 5) is 0.168. The maximum absolute atomic E-state index is 15.2. The molecule has 0 nitrogen and oxygen atoms in total. The quantitative estimate of drug-likeness (QED) is 0.303. The third-order valence-corrected chi connectivity index (χ3v) is 8.63. The van der Waals surface area contributed by atoms with E-state index in [4.69, 9.17) is 0 Å². The van der Waals surface area contributed by atoms with Crippen LogP contribution < -0.4 is 0 Å². The van der Waals surface area contributed by atoms with Gasteiger partial charge in [-0.3, -0.25) is 0 Å². The molecule has 0 heterocycles. The first-order valence-corrected chi connectivity index (χ1v) is 10.5. The van der Waals surface area contributed by atoms with Crippen molar-refractivity contribution in [3.8, 4) is 0 Å². The summed E-state index contributed by atoms with van der Waals surface area (Å²) in [5.74, 6) is -2.62. The van der Waals surface area contributed by atoms with Gasteiger partial charge in [-0.2, -0.15) is 0 Å². The maximum Gasteiger partial charge on any atom is 0.136 e.